The Bertz CT molecular complexity index is 1480. The van der Waals surface area contributed by atoms with Gasteiger partial charge in [-0.2, -0.15) is 4.72 Å². The molecule has 0 aromatic heterocycles. The van der Waals surface area contributed by atoms with Crippen molar-refractivity contribution in [2.75, 3.05) is 31.5 Å². The highest BCUT2D eigenvalue weighted by Crippen LogP contribution is 2.25. The van der Waals surface area contributed by atoms with Crippen LogP contribution in [-0.4, -0.2) is 62.6 Å². The number of hydrogen-bond acceptors (Lipinski definition) is 5. The van der Waals surface area contributed by atoms with E-state index in [1.54, 1.807) is 38.1 Å². The summed E-state index contributed by atoms with van der Waals surface area (Å²) in [6.45, 7) is 8.90. The average molecular weight is 579 g/mol. The molecule has 0 saturated carbocycles. The first-order valence-corrected chi connectivity index (χ1v) is 15.3. The third-order valence-electron chi connectivity index (χ3n) is 7.23. The molecule has 218 valence electrons. The number of carbonyl (C=O) groups is 2. The maximum Gasteiger partial charge on any atom is 0.322 e. The summed E-state index contributed by atoms with van der Waals surface area (Å²) in [5.41, 5.74) is 5.17. The maximum absolute atomic E-state index is 13.1. The number of aryl methyl sites for hydroxylation is 3. The van der Waals surface area contributed by atoms with Crippen molar-refractivity contribution in [3.63, 3.8) is 0 Å². The molecular formula is C31H38N4O5S. The van der Waals surface area contributed by atoms with Gasteiger partial charge >= 0.3 is 12.0 Å². The topological polar surface area (TPSA) is 128 Å². The summed E-state index contributed by atoms with van der Waals surface area (Å²) in [4.78, 5) is 26.8. The summed E-state index contributed by atoms with van der Waals surface area (Å²) in [6.07, 6.45) is 2.41. The molecule has 1 heterocycles. The molecule has 1 atom stereocenters. The number of carboxylic acids is 1. The van der Waals surface area contributed by atoms with Gasteiger partial charge in [0.2, 0.25) is 10.0 Å². The Labute approximate surface area is 242 Å². The highest BCUT2D eigenvalue weighted by molar-refractivity contribution is 7.89. The lowest BCUT2D eigenvalue weighted by Gasteiger charge is -2.18. The third kappa shape index (κ3) is 8.16. The van der Waals surface area contributed by atoms with Crippen molar-refractivity contribution in [1.29, 1.82) is 0 Å². The highest BCUT2D eigenvalue weighted by Gasteiger charge is 2.28. The smallest absolute Gasteiger partial charge is 0.322 e. The normalized spacial score (nSPS) is 14.5. The molecule has 0 aliphatic carbocycles. The van der Waals surface area contributed by atoms with Crippen molar-refractivity contribution in [2.45, 2.75) is 51.0 Å². The van der Waals surface area contributed by atoms with Crippen LogP contribution < -0.4 is 15.4 Å². The van der Waals surface area contributed by atoms with Crippen LogP contribution in [0.5, 0.6) is 0 Å². The van der Waals surface area contributed by atoms with E-state index in [2.05, 4.69) is 20.3 Å². The third-order valence-corrected chi connectivity index (χ3v) is 9.00. The summed E-state index contributed by atoms with van der Waals surface area (Å²) < 4.78 is 28.7. The first kappa shape index (κ1) is 30.2. The monoisotopic (exact) mass is 578 g/mol. The van der Waals surface area contributed by atoms with Gasteiger partial charge in [0.15, 0.2) is 0 Å². The molecule has 0 bridgehead atoms. The lowest BCUT2D eigenvalue weighted by atomic mass is 10.0. The molecule has 1 fully saturated rings. The van der Waals surface area contributed by atoms with Crippen LogP contribution >= 0.6 is 0 Å². The van der Waals surface area contributed by atoms with E-state index in [-0.39, 0.29) is 17.3 Å². The standard InChI is InChI=1S/C31H38N4O5S/c1-21-17-22(2)29(23(3)18-21)41(39,40)34-28(30(36)37)19-24-9-11-25(12-10-24)26-7-6-8-27(20-26)33-31(38)32-13-16-35-14-4-5-15-35/h6-12,17-18,20,28,34H,4-5,13-16,19H2,1-3H3,(H,36,37)(H2,32,33,38). The van der Waals surface area contributed by atoms with Gasteiger partial charge in [-0.1, -0.05) is 54.1 Å². The van der Waals surface area contributed by atoms with E-state index in [4.69, 9.17) is 0 Å². The second-order valence-electron chi connectivity index (χ2n) is 10.7. The van der Waals surface area contributed by atoms with Crippen molar-refractivity contribution in [2.24, 2.45) is 0 Å². The summed E-state index contributed by atoms with van der Waals surface area (Å²) in [6, 6.07) is 16.7. The Morgan fingerprint density at radius 3 is 2.22 bits per heavy atom. The quantitative estimate of drug-likeness (QED) is 0.266. The minimum Gasteiger partial charge on any atom is -0.480 e. The lowest BCUT2D eigenvalue weighted by Crippen LogP contribution is -2.42. The number of anilines is 1. The van der Waals surface area contributed by atoms with Crippen molar-refractivity contribution in [1.82, 2.24) is 14.9 Å². The Morgan fingerprint density at radius 2 is 1.59 bits per heavy atom. The van der Waals surface area contributed by atoms with Crippen LogP contribution in [0, 0.1) is 20.8 Å². The van der Waals surface area contributed by atoms with Gasteiger partial charge in [0, 0.05) is 18.8 Å². The second-order valence-corrected chi connectivity index (χ2v) is 12.3. The van der Waals surface area contributed by atoms with Crippen molar-refractivity contribution in [3.05, 3.63) is 82.9 Å². The zero-order valence-electron chi connectivity index (χ0n) is 23.7. The van der Waals surface area contributed by atoms with E-state index >= 15 is 0 Å². The molecule has 3 aromatic rings. The molecule has 1 aliphatic heterocycles. The predicted molar refractivity (Wildman–Crippen MR) is 161 cm³/mol. The van der Waals surface area contributed by atoms with Gasteiger partial charge in [0.25, 0.3) is 0 Å². The number of amides is 2. The fraction of sp³-hybridized carbons (Fsp3) is 0.355. The number of nitrogens with one attached hydrogen (secondary N) is 3. The molecule has 1 saturated heterocycles. The van der Waals surface area contributed by atoms with Crippen LogP contribution in [0.25, 0.3) is 11.1 Å². The Kier molecular flexibility index (Phi) is 9.80. The number of carbonyl (C=O) groups excluding carboxylic acids is 1. The summed E-state index contributed by atoms with van der Waals surface area (Å²) in [7, 11) is -4.05. The van der Waals surface area contributed by atoms with E-state index in [0.29, 0.717) is 28.9 Å². The minimum atomic E-state index is -4.05. The predicted octanol–water partition coefficient (Wildman–Crippen LogP) is 4.47. The SMILES string of the molecule is Cc1cc(C)c(S(=O)(=O)NC(Cc2ccc(-c3cccc(NC(=O)NCCN4CCCC4)c3)cc2)C(=O)O)c(C)c1. The van der Waals surface area contributed by atoms with E-state index in [0.717, 1.165) is 36.3 Å². The van der Waals surface area contributed by atoms with Gasteiger partial charge < -0.3 is 20.6 Å². The van der Waals surface area contributed by atoms with Crippen LogP contribution in [0.3, 0.4) is 0 Å². The molecule has 0 spiro atoms. The van der Waals surface area contributed by atoms with E-state index < -0.39 is 22.0 Å². The molecule has 4 rings (SSSR count). The number of benzene rings is 3. The second kappa shape index (κ2) is 13.3. The van der Waals surface area contributed by atoms with E-state index in [1.807, 2.05) is 43.3 Å². The van der Waals surface area contributed by atoms with Gasteiger partial charge in [-0.05, 0) is 93.1 Å². The number of urea groups is 1. The molecule has 10 heteroatoms. The summed E-state index contributed by atoms with van der Waals surface area (Å²) >= 11 is 0. The van der Waals surface area contributed by atoms with Crippen LogP contribution in [0.2, 0.25) is 0 Å². The van der Waals surface area contributed by atoms with Gasteiger partial charge in [0.05, 0.1) is 4.90 Å². The van der Waals surface area contributed by atoms with Crippen LogP contribution in [0.1, 0.15) is 35.1 Å². The highest BCUT2D eigenvalue weighted by atomic mass is 32.2. The van der Waals surface area contributed by atoms with E-state index in [9.17, 15) is 23.1 Å². The summed E-state index contributed by atoms with van der Waals surface area (Å²) in [5, 5.41) is 15.6. The first-order chi connectivity index (χ1) is 19.5. The van der Waals surface area contributed by atoms with Crippen molar-refractivity contribution >= 4 is 27.7 Å². The molecule has 1 aliphatic rings. The first-order valence-electron chi connectivity index (χ1n) is 13.8. The molecule has 2 amide bonds. The number of likely N-dealkylation sites (tertiary alicyclic amines) is 1. The molecular weight excluding hydrogens is 540 g/mol. The largest absolute Gasteiger partial charge is 0.480 e. The number of nitrogens with zero attached hydrogens (tertiary/aromatic N) is 1. The fourth-order valence-corrected chi connectivity index (χ4v) is 7.01. The Hall–Kier alpha value is -3.73. The molecule has 3 aromatic carbocycles. The maximum atomic E-state index is 13.1. The van der Waals surface area contributed by atoms with Gasteiger partial charge in [0.1, 0.15) is 6.04 Å². The molecule has 1 unspecified atom stereocenters. The number of hydrogen-bond donors (Lipinski definition) is 4. The molecule has 9 nitrogen and oxygen atoms in total. The van der Waals surface area contributed by atoms with E-state index in [1.165, 1.54) is 12.8 Å². The average Bonchev–Trinajstić information content (AvgIpc) is 3.41. The zero-order valence-corrected chi connectivity index (χ0v) is 24.6. The number of aliphatic carboxylic acids is 1. The number of rotatable bonds is 11. The fourth-order valence-electron chi connectivity index (χ4n) is 5.37. The number of sulfonamides is 1. The van der Waals surface area contributed by atoms with Crippen LogP contribution in [-0.2, 0) is 21.2 Å². The van der Waals surface area contributed by atoms with Gasteiger partial charge in [-0.15, -0.1) is 0 Å². The van der Waals surface area contributed by atoms with Gasteiger partial charge in [-0.3, -0.25) is 4.79 Å². The molecule has 41 heavy (non-hydrogen) atoms. The van der Waals surface area contributed by atoms with Crippen molar-refractivity contribution in [3.8, 4) is 11.1 Å². The molecule has 0 radical (unpaired) electrons. The molecule has 4 N–H and O–H groups in total. The number of carboxylic acid groups (broad SMARTS) is 1. The Balaban J connectivity index is 1.39. The Morgan fingerprint density at radius 1 is 0.927 bits per heavy atom. The van der Waals surface area contributed by atoms with Crippen LogP contribution in [0.15, 0.2) is 65.6 Å². The van der Waals surface area contributed by atoms with Crippen molar-refractivity contribution < 1.29 is 23.1 Å². The summed E-state index contributed by atoms with van der Waals surface area (Å²) in [5.74, 6) is -1.25. The van der Waals surface area contributed by atoms with Gasteiger partial charge in [-0.25, -0.2) is 13.2 Å². The zero-order chi connectivity index (χ0) is 29.6. The van der Waals surface area contributed by atoms with Crippen LogP contribution in [0.4, 0.5) is 10.5 Å². The minimum absolute atomic E-state index is 0.0159. The lowest BCUT2D eigenvalue weighted by molar-refractivity contribution is -0.138.